The molecule has 1 unspecified atom stereocenters. The van der Waals surface area contributed by atoms with E-state index in [1.165, 1.54) is 38.6 Å². The average molecular weight is 1260 g/mol. The van der Waals surface area contributed by atoms with Crippen LogP contribution in [-0.4, -0.2) is 196 Å². The van der Waals surface area contributed by atoms with E-state index in [2.05, 4.69) is 21.3 Å². The van der Waals surface area contributed by atoms with Crippen molar-refractivity contribution < 1.29 is 48.3 Å². The molecule has 2 saturated heterocycles. The number of carbonyl (C=O) groups excluding carboxylic acids is 9. The maximum absolute atomic E-state index is 15.5. The number of amides is 9. The second-order valence-corrected chi connectivity index (χ2v) is 27.1. The first kappa shape index (κ1) is 72.9. The van der Waals surface area contributed by atoms with Crippen LogP contribution in [0.5, 0.6) is 0 Å². The molecule has 3 aliphatic rings. The van der Waals surface area contributed by atoms with Gasteiger partial charge in [-0.05, 0) is 111 Å². The first-order valence-electron chi connectivity index (χ1n) is 33.4. The monoisotopic (exact) mass is 1260 g/mol. The minimum Gasteiger partial charge on any atom is -0.376 e. The third kappa shape index (κ3) is 19.9. The van der Waals surface area contributed by atoms with E-state index in [4.69, 9.17) is 0 Å². The summed E-state index contributed by atoms with van der Waals surface area (Å²) >= 11 is 0. The number of hydrogen-bond donors (Lipinski definition) is 5. The third-order valence-electron chi connectivity index (χ3n) is 18.6. The molecule has 0 aromatic heterocycles. The summed E-state index contributed by atoms with van der Waals surface area (Å²) in [5, 5.41) is 24.5. The number of nitrogens with one attached hydrogen (secondary N) is 4. The molecule has 11 atom stereocenters. The van der Waals surface area contributed by atoms with Gasteiger partial charge in [0.15, 0.2) is 0 Å². The largest absolute Gasteiger partial charge is 0.376 e. The Kier molecular flexibility index (Phi) is 27.6. The number of aliphatic hydroxyl groups excluding tert-OH is 1. The van der Waals surface area contributed by atoms with Gasteiger partial charge >= 0.3 is 0 Å². The average Bonchev–Trinajstić information content (AvgIpc) is 2.76. The van der Waals surface area contributed by atoms with Gasteiger partial charge in [0.1, 0.15) is 48.5 Å². The van der Waals surface area contributed by atoms with E-state index in [-0.39, 0.29) is 74.1 Å². The second kappa shape index (κ2) is 34.5. The number of rotatable bonds is 12. The van der Waals surface area contributed by atoms with Crippen LogP contribution in [0.2, 0.25) is 0 Å². The van der Waals surface area contributed by atoms with Gasteiger partial charge in [0.25, 0.3) is 0 Å². The molecule has 3 heterocycles. The highest BCUT2D eigenvalue weighted by atomic mass is 16.3. The molecule has 5 N–H and O–H groups in total. The van der Waals surface area contributed by atoms with Crippen molar-refractivity contribution in [2.45, 2.75) is 213 Å². The van der Waals surface area contributed by atoms with Crippen molar-refractivity contribution in [2.24, 2.45) is 23.7 Å². The van der Waals surface area contributed by atoms with Gasteiger partial charge in [0, 0.05) is 73.5 Å². The molecule has 3 aromatic carbocycles. The van der Waals surface area contributed by atoms with E-state index < -0.39 is 102 Å². The number of likely N-dealkylation sites (N-methyl/N-ethyl adjacent to an activating group) is 4. The van der Waals surface area contributed by atoms with E-state index in [1.807, 2.05) is 126 Å². The van der Waals surface area contributed by atoms with Crippen molar-refractivity contribution >= 4 is 53.2 Å². The van der Waals surface area contributed by atoms with Gasteiger partial charge in [0.2, 0.25) is 53.2 Å². The van der Waals surface area contributed by atoms with Gasteiger partial charge in [-0.25, -0.2) is 0 Å². The molecule has 3 aromatic rings. The molecule has 20 nitrogen and oxygen atoms in total. The summed E-state index contributed by atoms with van der Waals surface area (Å²) in [7, 11) is 6.17. The lowest BCUT2D eigenvalue weighted by atomic mass is 9.94. The molecular weight excluding hydrogens is 1150 g/mol. The highest BCUT2D eigenvalue weighted by Crippen LogP contribution is 2.27. The number of likely N-dealkylation sites (tertiary alicyclic amines) is 1. The predicted octanol–water partition coefficient (Wildman–Crippen LogP) is 5.91. The molecule has 20 heteroatoms. The van der Waals surface area contributed by atoms with Gasteiger partial charge in [-0.2, -0.15) is 0 Å². The van der Waals surface area contributed by atoms with E-state index in [0.717, 1.165) is 41.5 Å². The van der Waals surface area contributed by atoms with Crippen LogP contribution >= 0.6 is 0 Å². The summed E-state index contributed by atoms with van der Waals surface area (Å²) in [4.78, 5) is 143. The van der Waals surface area contributed by atoms with Gasteiger partial charge < -0.3 is 50.5 Å². The van der Waals surface area contributed by atoms with Crippen molar-refractivity contribution in [1.82, 2.24) is 50.7 Å². The fourth-order valence-electron chi connectivity index (χ4n) is 13.4. The number of hydrogen-bond acceptors (Lipinski definition) is 11. The molecule has 91 heavy (non-hydrogen) atoms. The number of nitrogens with zero attached hydrogens (tertiary/aromatic N) is 6. The molecule has 0 spiro atoms. The highest BCUT2D eigenvalue weighted by molar-refractivity contribution is 5.97. The van der Waals surface area contributed by atoms with Crippen molar-refractivity contribution in [3.63, 3.8) is 0 Å². The Balaban J connectivity index is 1.42. The number of fused-ring (bicyclic) bond motifs is 3. The number of benzene rings is 3. The van der Waals surface area contributed by atoms with Crippen LogP contribution in [0.15, 0.2) is 84.9 Å². The minimum absolute atomic E-state index is 0.00456. The van der Waals surface area contributed by atoms with E-state index in [1.54, 1.807) is 39.8 Å². The van der Waals surface area contributed by atoms with E-state index in [9.17, 15) is 33.9 Å². The Morgan fingerprint density at radius 2 is 1.16 bits per heavy atom. The lowest BCUT2D eigenvalue weighted by Crippen LogP contribution is -2.62. The zero-order valence-corrected chi connectivity index (χ0v) is 56.5. The van der Waals surface area contributed by atoms with Gasteiger partial charge in [-0.1, -0.05) is 147 Å². The molecule has 2 fully saturated rings. The van der Waals surface area contributed by atoms with Gasteiger partial charge in [-0.3, -0.25) is 48.5 Å². The number of piperidine rings is 1. The number of carbonyl (C=O) groups is 9. The second-order valence-electron chi connectivity index (χ2n) is 27.1. The molecule has 0 aliphatic carbocycles. The summed E-state index contributed by atoms with van der Waals surface area (Å²) in [6.07, 6.45) is 4.44. The number of aryl methyl sites for hydroxylation is 1. The standard InChI is InChI=1S/C71H106N10O10/c1-14-48(8)62-65(85)75-56(68(88)80-36-22-17-23-37-80)43-53-33-24-31-50(41-53)32-25-35-60(82)73-54(39-45(2)3)69(89)81-38-26-34-57(81)70(90)78(12)61(47(6)7)64(84)74-55(42-51-27-18-15-19-28-51)67(87)77(11)59(44-52-29-20-16-21-30-52)71(91)76(10)58(40-46(4)5)63(83)72-49(9)66(86)79(62)13/h15-16,18-21,24,27-31,33,41,45-49,54-59,61-63,72,83H,14,17,22-23,25-26,32,34-40,42-44H2,1-13H3,(H,73,82)(H,74,84)(H,75,85)/t48-,49-,54-,55-,56-,57-,58-,59-,61-,62-,63?/m0/s1. The lowest BCUT2D eigenvalue weighted by Gasteiger charge is -2.40. The molecule has 0 radical (unpaired) electrons. The third-order valence-corrected chi connectivity index (χ3v) is 18.6. The van der Waals surface area contributed by atoms with Crippen LogP contribution in [0.3, 0.4) is 0 Å². The summed E-state index contributed by atoms with van der Waals surface area (Å²) in [5.74, 6) is -5.00. The van der Waals surface area contributed by atoms with Crippen LogP contribution in [0.1, 0.15) is 149 Å². The zero-order chi connectivity index (χ0) is 66.8. The Hall–Kier alpha value is -7.19. The summed E-state index contributed by atoms with van der Waals surface area (Å²) in [6, 6.07) is 16.7. The van der Waals surface area contributed by atoms with Crippen LogP contribution in [0, 0.1) is 23.7 Å². The van der Waals surface area contributed by atoms with Gasteiger partial charge in [0.05, 0.1) is 12.1 Å². The Morgan fingerprint density at radius 3 is 1.77 bits per heavy atom. The van der Waals surface area contributed by atoms with Crippen LogP contribution in [-0.2, 0) is 68.8 Å². The van der Waals surface area contributed by atoms with E-state index >= 15 is 14.4 Å². The summed E-state index contributed by atoms with van der Waals surface area (Å²) in [6.45, 7) is 18.2. The fourth-order valence-corrected chi connectivity index (χ4v) is 13.4. The molecule has 3 aliphatic heterocycles. The van der Waals surface area contributed by atoms with Gasteiger partial charge in [-0.15, -0.1) is 0 Å². The first-order chi connectivity index (χ1) is 43.2. The van der Waals surface area contributed by atoms with Crippen molar-refractivity contribution in [3.05, 3.63) is 107 Å². The molecule has 0 saturated carbocycles. The van der Waals surface area contributed by atoms with Crippen LogP contribution < -0.4 is 21.3 Å². The Bertz CT molecular complexity index is 2920. The Morgan fingerprint density at radius 1 is 0.571 bits per heavy atom. The fraction of sp³-hybridized carbons (Fsp3) is 0.620. The Labute approximate surface area is 541 Å². The first-order valence-corrected chi connectivity index (χ1v) is 33.4. The number of aliphatic hydroxyl groups is 1. The molecule has 6 rings (SSSR count). The van der Waals surface area contributed by atoms with Crippen molar-refractivity contribution in [3.8, 4) is 0 Å². The normalized spacial score (nSPS) is 26.4. The lowest BCUT2D eigenvalue weighted by molar-refractivity contribution is -0.151. The molecular formula is C71H106N10O10. The topological polar surface area (TPSA) is 241 Å². The summed E-state index contributed by atoms with van der Waals surface area (Å²) < 4.78 is 0. The van der Waals surface area contributed by atoms with Crippen molar-refractivity contribution in [2.75, 3.05) is 47.8 Å². The smallest absolute Gasteiger partial charge is 0.245 e. The minimum atomic E-state index is -1.49. The van der Waals surface area contributed by atoms with E-state index in [0.29, 0.717) is 51.6 Å². The quantitative estimate of drug-likeness (QED) is 0.143. The van der Waals surface area contributed by atoms with Crippen molar-refractivity contribution in [1.29, 1.82) is 0 Å². The zero-order valence-electron chi connectivity index (χ0n) is 56.5. The van der Waals surface area contributed by atoms with Crippen LogP contribution in [0.25, 0.3) is 0 Å². The highest BCUT2D eigenvalue weighted by Gasteiger charge is 2.45. The maximum atomic E-state index is 15.5. The molecule has 2 bridgehead atoms. The van der Waals surface area contributed by atoms with Crippen LogP contribution in [0.4, 0.5) is 0 Å². The maximum Gasteiger partial charge on any atom is 0.245 e. The molecule has 500 valence electrons. The summed E-state index contributed by atoms with van der Waals surface area (Å²) in [5.41, 5.74) is 3.17. The molecule has 9 amide bonds. The SMILES string of the molecule is CC[C@H](C)[C@H]1C(=O)N[C@H](C(=O)N2CCCCC2)Cc2cccc(c2)CCCC(=O)N[C@@H](CC(C)C)C(=O)N2CCC[C@H]2C(=O)N(C)[C@@H](C(C)C)C(=O)N[C@@H](Cc2ccccc2)C(=O)N(C)[C@@H](Cc2ccccc2)C(=O)N(C)[C@@H](CC(C)C)C(O)N[C@@H](C)C(=O)N1C. The predicted molar refractivity (Wildman–Crippen MR) is 352 cm³/mol.